The second kappa shape index (κ2) is 15.4. The van der Waals surface area contributed by atoms with Crippen molar-refractivity contribution in [3.8, 4) is 50.2 Å². The Morgan fingerprint density at radius 3 is 1.73 bits per heavy atom. The van der Waals surface area contributed by atoms with Crippen LogP contribution >= 0.6 is 0 Å². The van der Waals surface area contributed by atoms with Crippen molar-refractivity contribution in [3.05, 3.63) is 236 Å². The molecule has 1 aliphatic carbocycles. The molecular weight excluding hydrogens is 765 g/mol. The molecule has 0 unspecified atom stereocenters. The van der Waals surface area contributed by atoms with Gasteiger partial charge >= 0.3 is 0 Å². The van der Waals surface area contributed by atoms with Gasteiger partial charge in [0.15, 0.2) is 5.58 Å². The van der Waals surface area contributed by atoms with Crippen LogP contribution in [-0.4, -0.2) is 4.57 Å². The van der Waals surface area contributed by atoms with Crippen LogP contribution < -0.4 is 4.90 Å². The molecule has 1 aliphatic rings. The largest absolute Gasteiger partial charge is 0.454 e. The second-order valence-corrected chi connectivity index (χ2v) is 16.3. The van der Waals surface area contributed by atoms with Crippen LogP contribution in [0.4, 0.5) is 17.1 Å². The maximum atomic E-state index is 6.63. The minimum absolute atomic E-state index is 0.912. The summed E-state index contributed by atoms with van der Waals surface area (Å²) in [4.78, 5) is 2.40. The number of nitrogens with zero attached hydrogens (tertiary/aromatic N) is 2. The van der Waals surface area contributed by atoms with Crippen LogP contribution in [0.3, 0.4) is 0 Å². The summed E-state index contributed by atoms with van der Waals surface area (Å²) in [6.45, 7) is 0. The van der Waals surface area contributed by atoms with Gasteiger partial charge in [0.05, 0.1) is 16.9 Å². The minimum Gasteiger partial charge on any atom is -0.454 e. The number of furan rings is 1. The number of aromatic nitrogens is 1. The zero-order valence-electron chi connectivity index (χ0n) is 34.7. The summed E-state index contributed by atoms with van der Waals surface area (Å²) >= 11 is 0. The fourth-order valence-electron chi connectivity index (χ4n) is 9.75. The van der Waals surface area contributed by atoms with Crippen LogP contribution in [-0.2, 0) is 6.42 Å². The molecule has 0 aliphatic heterocycles. The number of anilines is 3. The number of benzene rings is 9. The predicted molar refractivity (Wildman–Crippen MR) is 264 cm³/mol. The molecule has 0 saturated heterocycles. The van der Waals surface area contributed by atoms with E-state index < -0.39 is 0 Å². The first-order valence-electron chi connectivity index (χ1n) is 21.8. The molecule has 0 amide bonds. The molecule has 9 aromatic carbocycles. The summed E-state index contributed by atoms with van der Waals surface area (Å²) in [5.41, 5.74) is 19.5. The van der Waals surface area contributed by atoms with E-state index in [-0.39, 0.29) is 0 Å². The summed E-state index contributed by atoms with van der Waals surface area (Å²) in [5, 5.41) is 3.55. The molecule has 0 spiro atoms. The van der Waals surface area contributed by atoms with E-state index in [1.165, 1.54) is 55.5 Å². The third-order valence-corrected chi connectivity index (χ3v) is 12.7. The van der Waals surface area contributed by atoms with Crippen LogP contribution in [0.5, 0.6) is 0 Å². The number of allylic oxidation sites excluding steroid dienone is 1. The molecule has 0 atom stereocenters. The highest BCUT2D eigenvalue weighted by molar-refractivity contribution is 6.09. The number of rotatable bonds is 8. The van der Waals surface area contributed by atoms with E-state index in [1.807, 2.05) is 6.07 Å². The smallest absolute Gasteiger partial charge is 0.159 e. The van der Waals surface area contributed by atoms with Crippen molar-refractivity contribution in [2.45, 2.75) is 12.8 Å². The van der Waals surface area contributed by atoms with Crippen LogP contribution in [0, 0.1) is 0 Å². The van der Waals surface area contributed by atoms with Crippen molar-refractivity contribution in [2.24, 2.45) is 0 Å². The van der Waals surface area contributed by atoms with E-state index >= 15 is 0 Å². The van der Waals surface area contributed by atoms with E-state index in [9.17, 15) is 0 Å². The normalized spacial score (nSPS) is 12.3. The lowest BCUT2D eigenvalue weighted by molar-refractivity contribution is 0.664. The van der Waals surface area contributed by atoms with Gasteiger partial charge in [0.25, 0.3) is 0 Å². The standard InChI is InChI=1S/C60H42N2O/c1-3-16-41(17-4-1)43-32-36-47(37-33-43)61(48-38-34-44(35-39-48)42-18-5-2-6-19-42)54-27-10-7-22-49(54)45-20-13-21-46(40-45)50-25-14-29-56-59(50)53-24-8-11-28-55(53)62(56)57-30-15-26-52-51-23-9-12-31-58(51)63-60(52)57/h1-10,12-27,29-40H,11,28H2. The van der Waals surface area contributed by atoms with Gasteiger partial charge < -0.3 is 13.9 Å². The predicted octanol–water partition coefficient (Wildman–Crippen LogP) is 16.6. The molecular formula is C60H42N2O. The molecule has 298 valence electrons. The van der Waals surface area contributed by atoms with Crippen LogP contribution in [0.15, 0.2) is 229 Å². The average Bonchev–Trinajstić information content (AvgIpc) is 3.92. The maximum absolute atomic E-state index is 6.63. The highest BCUT2D eigenvalue weighted by atomic mass is 16.3. The Kier molecular flexibility index (Phi) is 8.97. The zero-order valence-corrected chi connectivity index (χ0v) is 34.7. The summed E-state index contributed by atoms with van der Waals surface area (Å²) in [7, 11) is 0. The first kappa shape index (κ1) is 36.7. The van der Waals surface area contributed by atoms with Crippen LogP contribution in [0.25, 0.3) is 89.1 Å². The van der Waals surface area contributed by atoms with Crippen molar-refractivity contribution in [1.82, 2.24) is 4.57 Å². The van der Waals surface area contributed by atoms with Gasteiger partial charge in [-0.3, -0.25) is 0 Å². The fourth-order valence-corrected chi connectivity index (χ4v) is 9.75. The van der Waals surface area contributed by atoms with Gasteiger partial charge in [-0.2, -0.15) is 0 Å². The Morgan fingerprint density at radius 1 is 0.444 bits per heavy atom. The monoisotopic (exact) mass is 806 g/mol. The minimum atomic E-state index is 0.912. The zero-order chi connectivity index (χ0) is 41.7. The van der Waals surface area contributed by atoms with E-state index in [2.05, 4.69) is 234 Å². The van der Waals surface area contributed by atoms with Gasteiger partial charge in [-0.1, -0.05) is 176 Å². The Morgan fingerprint density at radius 2 is 1.00 bits per heavy atom. The molecule has 63 heavy (non-hydrogen) atoms. The maximum Gasteiger partial charge on any atom is 0.159 e. The van der Waals surface area contributed by atoms with E-state index in [4.69, 9.17) is 4.42 Å². The molecule has 3 heteroatoms. The lowest BCUT2D eigenvalue weighted by Gasteiger charge is -2.28. The SMILES string of the molecule is C1=Cc2c(n(-c3cccc4c3oc3ccccc34)c3cccc(-c4cccc(-c5ccccc5N(c5ccc(-c6ccccc6)cc5)c5ccc(-c6ccccc6)cc5)c4)c23)CC1. The molecule has 12 rings (SSSR count). The summed E-state index contributed by atoms with van der Waals surface area (Å²) < 4.78 is 9.09. The number of hydrogen-bond donors (Lipinski definition) is 0. The lowest BCUT2D eigenvalue weighted by atomic mass is 9.93. The molecule has 3 nitrogen and oxygen atoms in total. The summed E-state index contributed by atoms with van der Waals surface area (Å²) in [6.07, 6.45) is 6.62. The van der Waals surface area contributed by atoms with Crippen molar-refractivity contribution in [2.75, 3.05) is 4.90 Å². The van der Waals surface area contributed by atoms with E-state index in [1.54, 1.807) is 0 Å². The van der Waals surface area contributed by atoms with Gasteiger partial charge in [-0.05, 0) is 106 Å². The second-order valence-electron chi connectivity index (χ2n) is 16.3. The molecule has 0 N–H and O–H groups in total. The van der Waals surface area contributed by atoms with Gasteiger partial charge in [0, 0.05) is 44.4 Å². The van der Waals surface area contributed by atoms with Crippen molar-refractivity contribution < 1.29 is 4.42 Å². The van der Waals surface area contributed by atoms with Crippen molar-refractivity contribution >= 4 is 56.0 Å². The third kappa shape index (κ3) is 6.36. The highest BCUT2D eigenvalue weighted by Gasteiger charge is 2.24. The molecule has 0 bridgehead atoms. The van der Waals surface area contributed by atoms with Gasteiger partial charge in [-0.15, -0.1) is 0 Å². The van der Waals surface area contributed by atoms with Crippen LogP contribution in [0.1, 0.15) is 17.7 Å². The number of hydrogen-bond acceptors (Lipinski definition) is 2. The highest BCUT2D eigenvalue weighted by Crippen LogP contribution is 2.45. The Hall–Kier alpha value is -8.14. The van der Waals surface area contributed by atoms with Crippen molar-refractivity contribution in [1.29, 1.82) is 0 Å². The van der Waals surface area contributed by atoms with Crippen LogP contribution in [0.2, 0.25) is 0 Å². The molecule has 0 fully saturated rings. The topological polar surface area (TPSA) is 21.3 Å². The first-order chi connectivity index (χ1) is 31.3. The fraction of sp³-hybridized carbons (Fsp3) is 0.0333. The van der Waals surface area contributed by atoms with Gasteiger partial charge in [-0.25, -0.2) is 0 Å². The molecule has 2 aromatic heterocycles. The molecule has 2 heterocycles. The number of para-hydroxylation sites is 3. The van der Waals surface area contributed by atoms with Gasteiger partial charge in [0.1, 0.15) is 5.58 Å². The summed E-state index contributed by atoms with van der Waals surface area (Å²) in [5.74, 6) is 0. The lowest BCUT2D eigenvalue weighted by Crippen LogP contribution is -2.11. The van der Waals surface area contributed by atoms with Crippen molar-refractivity contribution in [3.63, 3.8) is 0 Å². The van der Waals surface area contributed by atoms with E-state index in [0.29, 0.717) is 0 Å². The number of fused-ring (bicyclic) bond motifs is 6. The molecule has 0 saturated carbocycles. The average molecular weight is 807 g/mol. The molecule has 11 aromatic rings. The first-order valence-corrected chi connectivity index (χ1v) is 21.8. The quantitative estimate of drug-likeness (QED) is 0.153. The Labute approximate surface area is 367 Å². The summed E-state index contributed by atoms with van der Waals surface area (Å²) in [6, 6.07) is 78.7. The van der Waals surface area contributed by atoms with Gasteiger partial charge in [0.2, 0.25) is 0 Å². The third-order valence-electron chi connectivity index (χ3n) is 12.7. The molecule has 0 radical (unpaired) electrons. The van der Waals surface area contributed by atoms with E-state index in [0.717, 1.165) is 68.7 Å². The Bertz CT molecular complexity index is 3400. The Balaban J connectivity index is 0.997.